The largest absolute Gasteiger partial charge is 0.330 e. The number of rotatable bonds is 5. The van der Waals surface area contributed by atoms with Gasteiger partial charge in [0.1, 0.15) is 5.65 Å². The van der Waals surface area contributed by atoms with Crippen LogP contribution in [0.1, 0.15) is 37.4 Å². The van der Waals surface area contributed by atoms with Gasteiger partial charge in [-0.2, -0.15) is 0 Å². The Morgan fingerprint density at radius 3 is 2.56 bits per heavy atom. The lowest BCUT2D eigenvalue weighted by Crippen LogP contribution is -2.16. The molecular formula is C20H24N4O. The molecule has 0 spiro atoms. The first-order valence-corrected chi connectivity index (χ1v) is 8.58. The van der Waals surface area contributed by atoms with Gasteiger partial charge in [-0.25, -0.2) is 4.98 Å². The van der Waals surface area contributed by atoms with Crippen molar-refractivity contribution in [1.29, 1.82) is 0 Å². The molecule has 0 atom stereocenters. The first-order chi connectivity index (χ1) is 12.0. The third kappa shape index (κ3) is 3.56. The summed E-state index contributed by atoms with van der Waals surface area (Å²) in [4.78, 5) is 16.5. The number of benzene rings is 1. The molecule has 3 aromatic rings. The molecule has 25 heavy (non-hydrogen) atoms. The fourth-order valence-electron chi connectivity index (χ4n) is 2.89. The molecule has 1 aromatic carbocycles. The van der Waals surface area contributed by atoms with Gasteiger partial charge in [0.25, 0.3) is 0 Å². The van der Waals surface area contributed by atoms with Crippen LogP contribution in [0.25, 0.3) is 16.9 Å². The maximum Gasteiger partial charge on any atom is 0.225 e. The molecule has 0 aliphatic carbocycles. The van der Waals surface area contributed by atoms with E-state index in [0.717, 1.165) is 28.3 Å². The molecule has 0 aliphatic rings. The van der Waals surface area contributed by atoms with Gasteiger partial charge in [-0.1, -0.05) is 38.1 Å². The summed E-state index contributed by atoms with van der Waals surface area (Å²) < 4.78 is 2.00. The summed E-state index contributed by atoms with van der Waals surface area (Å²) in [6, 6.07) is 12.3. The summed E-state index contributed by atoms with van der Waals surface area (Å²) in [7, 11) is 0. The normalized spacial score (nSPS) is 11.2. The third-order valence-corrected chi connectivity index (χ3v) is 4.36. The van der Waals surface area contributed by atoms with E-state index in [1.54, 1.807) is 0 Å². The minimum atomic E-state index is -0.0795. The van der Waals surface area contributed by atoms with E-state index in [2.05, 4.69) is 43.4 Å². The zero-order valence-corrected chi connectivity index (χ0v) is 14.9. The van der Waals surface area contributed by atoms with Crippen molar-refractivity contribution in [1.82, 2.24) is 9.38 Å². The number of amides is 1. The van der Waals surface area contributed by atoms with Crippen LogP contribution in [0.15, 0.2) is 42.6 Å². The maximum absolute atomic E-state index is 11.7. The minimum Gasteiger partial charge on any atom is -0.330 e. The van der Waals surface area contributed by atoms with E-state index in [4.69, 9.17) is 10.7 Å². The predicted octanol–water partition coefficient (Wildman–Crippen LogP) is 3.72. The van der Waals surface area contributed by atoms with Crippen molar-refractivity contribution in [3.8, 4) is 11.3 Å². The van der Waals surface area contributed by atoms with Crippen LogP contribution in [-0.2, 0) is 4.79 Å². The van der Waals surface area contributed by atoms with Crippen molar-refractivity contribution in [3.05, 3.63) is 53.9 Å². The van der Waals surface area contributed by atoms with Crippen LogP contribution >= 0.6 is 0 Å². The molecule has 1 amide bonds. The molecule has 2 aromatic heterocycles. The molecule has 5 heteroatoms. The highest BCUT2D eigenvalue weighted by Crippen LogP contribution is 2.26. The molecule has 3 N–H and O–H groups in total. The minimum absolute atomic E-state index is 0.0795. The number of imidazole rings is 1. The first kappa shape index (κ1) is 17.2. The number of anilines is 1. The Morgan fingerprint density at radius 2 is 1.92 bits per heavy atom. The molecule has 0 fully saturated rings. The number of carbonyl (C=O) groups excluding carboxylic acids is 1. The molecule has 5 nitrogen and oxygen atoms in total. The second-order valence-corrected chi connectivity index (χ2v) is 6.56. The van der Waals surface area contributed by atoms with E-state index in [9.17, 15) is 4.79 Å². The fourth-order valence-corrected chi connectivity index (χ4v) is 2.89. The van der Waals surface area contributed by atoms with Crippen LogP contribution in [0.2, 0.25) is 0 Å². The highest BCUT2D eigenvalue weighted by molar-refractivity contribution is 5.90. The van der Waals surface area contributed by atoms with E-state index in [1.165, 1.54) is 5.56 Å². The summed E-state index contributed by atoms with van der Waals surface area (Å²) >= 11 is 0. The molecule has 3 rings (SSSR count). The van der Waals surface area contributed by atoms with E-state index in [1.807, 2.05) is 29.7 Å². The summed E-state index contributed by atoms with van der Waals surface area (Å²) in [5, 5.41) is 2.86. The Balaban J connectivity index is 1.95. The van der Waals surface area contributed by atoms with E-state index < -0.39 is 0 Å². The van der Waals surface area contributed by atoms with Gasteiger partial charge < -0.3 is 15.5 Å². The second-order valence-electron chi connectivity index (χ2n) is 6.56. The van der Waals surface area contributed by atoms with Gasteiger partial charge in [0.15, 0.2) is 0 Å². The second kappa shape index (κ2) is 7.07. The summed E-state index contributed by atoms with van der Waals surface area (Å²) in [6.07, 6.45) is 2.21. The van der Waals surface area contributed by atoms with Crippen LogP contribution in [0, 0.1) is 6.92 Å². The van der Waals surface area contributed by atoms with E-state index in [0.29, 0.717) is 18.9 Å². The molecule has 0 bridgehead atoms. The lowest BCUT2D eigenvalue weighted by Gasteiger charge is -2.07. The van der Waals surface area contributed by atoms with E-state index >= 15 is 0 Å². The van der Waals surface area contributed by atoms with Gasteiger partial charge in [-0.3, -0.25) is 4.79 Å². The average Bonchev–Trinajstić information content (AvgIpc) is 2.92. The Hall–Kier alpha value is -2.66. The van der Waals surface area contributed by atoms with Crippen LogP contribution in [-0.4, -0.2) is 21.8 Å². The van der Waals surface area contributed by atoms with Gasteiger partial charge in [0, 0.05) is 30.4 Å². The monoisotopic (exact) mass is 336 g/mol. The molecule has 0 saturated carbocycles. The average molecular weight is 336 g/mol. The summed E-state index contributed by atoms with van der Waals surface area (Å²) in [5.74, 6) is 0.431. The number of aromatic nitrogens is 2. The standard InChI is InChI=1S/C20H24N4O/c1-13(2)15-4-6-16(7-5-15)20-14(3)24-12-17(8-9-18(24)23-20)22-19(25)10-11-21/h4-9,12-13H,10-11,21H2,1-3H3,(H,22,25). The van der Waals surface area contributed by atoms with Crippen molar-refractivity contribution >= 4 is 17.2 Å². The first-order valence-electron chi connectivity index (χ1n) is 8.58. The molecule has 130 valence electrons. The number of hydrogen-bond donors (Lipinski definition) is 2. The number of nitrogens with zero attached hydrogens (tertiary/aromatic N) is 2. The van der Waals surface area contributed by atoms with Gasteiger partial charge >= 0.3 is 0 Å². The van der Waals surface area contributed by atoms with Crippen LogP contribution in [0.3, 0.4) is 0 Å². The Morgan fingerprint density at radius 1 is 1.20 bits per heavy atom. The van der Waals surface area contributed by atoms with Crippen LogP contribution in [0.4, 0.5) is 5.69 Å². The molecule has 0 unspecified atom stereocenters. The highest BCUT2D eigenvalue weighted by atomic mass is 16.1. The van der Waals surface area contributed by atoms with Crippen molar-refractivity contribution in [2.75, 3.05) is 11.9 Å². The zero-order chi connectivity index (χ0) is 18.0. The fraction of sp³-hybridized carbons (Fsp3) is 0.300. The zero-order valence-electron chi connectivity index (χ0n) is 14.9. The number of pyridine rings is 1. The van der Waals surface area contributed by atoms with Crippen LogP contribution < -0.4 is 11.1 Å². The number of fused-ring (bicyclic) bond motifs is 1. The predicted molar refractivity (Wildman–Crippen MR) is 102 cm³/mol. The smallest absolute Gasteiger partial charge is 0.225 e. The van der Waals surface area contributed by atoms with Crippen molar-refractivity contribution in [2.45, 2.75) is 33.1 Å². The van der Waals surface area contributed by atoms with Crippen molar-refractivity contribution in [2.24, 2.45) is 5.73 Å². The number of carbonyl (C=O) groups is 1. The molecular weight excluding hydrogens is 312 g/mol. The van der Waals surface area contributed by atoms with Crippen molar-refractivity contribution < 1.29 is 4.79 Å². The molecule has 0 radical (unpaired) electrons. The molecule has 0 saturated heterocycles. The Labute approximate surface area is 147 Å². The molecule has 2 heterocycles. The summed E-state index contributed by atoms with van der Waals surface area (Å²) in [5.41, 5.74) is 11.4. The topological polar surface area (TPSA) is 72.4 Å². The number of aryl methyl sites for hydroxylation is 1. The van der Waals surface area contributed by atoms with Gasteiger partial charge in [-0.15, -0.1) is 0 Å². The molecule has 0 aliphatic heterocycles. The lowest BCUT2D eigenvalue weighted by molar-refractivity contribution is -0.116. The van der Waals surface area contributed by atoms with Gasteiger partial charge in [-0.05, 0) is 30.5 Å². The van der Waals surface area contributed by atoms with E-state index in [-0.39, 0.29) is 5.91 Å². The lowest BCUT2D eigenvalue weighted by atomic mass is 10.0. The van der Waals surface area contributed by atoms with Gasteiger partial charge in [0.05, 0.1) is 11.4 Å². The summed E-state index contributed by atoms with van der Waals surface area (Å²) in [6.45, 7) is 6.75. The number of nitrogens with two attached hydrogens (primary N) is 1. The van der Waals surface area contributed by atoms with Gasteiger partial charge in [0.2, 0.25) is 5.91 Å². The third-order valence-electron chi connectivity index (χ3n) is 4.36. The quantitative estimate of drug-likeness (QED) is 0.746. The number of nitrogens with one attached hydrogen (secondary N) is 1. The van der Waals surface area contributed by atoms with Crippen molar-refractivity contribution in [3.63, 3.8) is 0 Å². The highest BCUT2D eigenvalue weighted by Gasteiger charge is 2.12. The van der Waals surface area contributed by atoms with Crippen LogP contribution in [0.5, 0.6) is 0 Å². The maximum atomic E-state index is 11.7. The Kier molecular flexibility index (Phi) is 4.86. The Bertz CT molecular complexity index is 894. The SMILES string of the molecule is Cc1c(-c2ccc(C(C)C)cc2)nc2ccc(NC(=O)CCN)cn12. The number of hydrogen-bond acceptors (Lipinski definition) is 3.